The Bertz CT molecular complexity index is 798. The number of hydrogen-bond donors (Lipinski definition) is 3. The van der Waals surface area contributed by atoms with Gasteiger partial charge >= 0.3 is 0 Å². The molecule has 30 heavy (non-hydrogen) atoms. The van der Waals surface area contributed by atoms with Gasteiger partial charge in [0.05, 0.1) is 20.3 Å². The van der Waals surface area contributed by atoms with Crippen LogP contribution in [0.3, 0.4) is 0 Å². The molecule has 166 valence electrons. The maximum absolute atomic E-state index is 10.0. The molecule has 0 aliphatic rings. The summed E-state index contributed by atoms with van der Waals surface area (Å²) in [7, 11) is 4.77. The minimum Gasteiger partial charge on any atom is -0.502 e. The van der Waals surface area contributed by atoms with E-state index in [1.165, 1.54) is 25.3 Å². The molecule has 0 saturated heterocycles. The fourth-order valence-corrected chi connectivity index (χ4v) is 3.13. The summed E-state index contributed by atoms with van der Waals surface area (Å²) in [4.78, 5) is 4.31. The van der Waals surface area contributed by atoms with Crippen molar-refractivity contribution in [3.05, 3.63) is 53.1 Å². The normalized spacial score (nSPS) is 12.2. The molecular weight excluding hydrogens is 493 g/mol. The van der Waals surface area contributed by atoms with E-state index in [-0.39, 0.29) is 35.8 Å². The zero-order valence-corrected chi connectivity index (χ0v) is 21.0. The predicted octanol–water partition coefficient (Wildman–Crippen LogP) is 4.65. The standard InChI is InChI=1S/C23H33N3O3.HI/c1-15(2)11-17-7-9-19(10-8-17)16(3)26-23(24-4)25-14-18-12-20(28-5)22(27)21(13-18)29-6;/h7-10,12-13,15-16,27H,11,14H2,1-6H3,(H2,24,25,26);1H. The van der Waals surface area contributed by atoms with E-state index in [4.69, 9.17) is 9.47 Å². The lowest BCUT2D eigenvalue weighted by atomic mass is 10.00. The third kappa shape index (κ3) is 7.27. The Morgan fingerprint density at radius 3 is 2.03 bits per heavy atom. The molecule has 3 N–H and O–H groups in total. The first-order chi connectivity index (χ1) is 13.9. The molecule has 1 atom stereocenters. The van der Waals surface area contributed by atoms with Crippen LogP contribution in [-0.4, -0.2) is 32.3 Å². The van der Waals surface area contributed by atoms with Crippen molar-refractivity contribution in [2.75, 3.05) is 21.3 Å². The van der Waals surface area contributed by atoms with E-state index in [2.05, 4.69) is 60.7 Å². The van der Waals surface area contributed by atoms with Gasteiger partial charge in [-0.1, -0.05) is 38.1 Å². The highest BCUT2D eigenvalue weighted by Gasteiger charge is 2.12. The molecule has 0 bridgehead atoms. The highest BCUT2D eigenvalue weighted by atomic mass is 127. The fourth-order valence-electron chi connectivity index (χ4n) is 3.13. The van der Waals surface area contributed by atoms with Crippen LogP contribution < -0.4 is 20.1 Å². The summed E-state index contributed by atoms with van der Waals surface area (Å²) in [6.45, 7) is 7.07. The molecule has 7 heteroatoms. The van der Waals surface area contributed by atoms with E-state index < -0.39 is 0 Å². The topological polar surface area (TPSA) is 75.1 Å². The van der Waals surface area contributed by atoms with Gasteiger partial charge in [0.15, 0.2) is 17.5 Å². The Morgan fingerprint density at radius 1 is 1.00 bits per heavy atom. The number of aromatic hydroxyl groups is 1. The minimum atomic E-state index is -0.00390. The van der Waals surface area contributed by atoms with Crippen molar-refractivity contribution in [3.8, 4) is 17.2 Å². The van der Waals surface area contributed by atoms with Crippen LogP contribution >= 0.6 is 24.0 Å². The summed E-state index contributed by atoms with van der Waals surface area (Å²) in [5.41, 5.74) is 3.47. The van der Waals surface area contributed by atoms with Gasteiger partial charge in [0.2, 0.25) is 5.75 Å². The molecule has 2 rings (SSSR count). The maximum atomic E-state index is 10.0. The molecule has 0 radical (unpaired) electrons. The van der Waals surface area contributed by atoms with E-state index in [1.54, 1.807) is 19.2 Å². The monoisotopic (exact) mass is 527 g/mol. The zero-order valence-electron chi connectivity index (χ0n) is 18.7. The second-order valence-corrected chi connectivity index (χ2v) is 7.48. The molecule has 0 aliphatic heterocycles. The third-order valence-corrected chi connectivity index (χ3v) is 4.70. The van der Waals surface area contributed by atoms with Crippen LogP contribution in [0.4, 0.5) is 0 Å². The Labute approximate surface area is 197 Å². The number of methoxy groups -OCH3 is 2. The zero-order chi connectivity index (χ0) is 21.4. The molecule has 2 aromatic carbocycles. The van der Waals surface area contributed by atoms with Crippen LogP contribution in [0.2, 0.25) is 0 Å². The quantitative estimate of drug-likeness (QED) is 0.265. The van der Waals surface area contributed by atoms with Crippen LogP contribution in [0, 0.1) is 5.92 Å². The number of nitrogens with one attached hydrogen (secondary N) is 2. The molecule has 1 unspecified atom stereocenters. The van der Waals surface area contributed by atoms with Gasteiger partial charge in [-0.2, -0.15) is 0 Å². The van der Waals surface area contributed by atoms with Gasteiger partial charge in [-0.25, -0.2) is 0 Å². The van der Waals surface area contributed by atoms with E-state index in [1.807, 2.05) is 0 Å². The van der Waals surface area contributed by atoms with Gasteiger partial charge in [0.1, 0.15) is 0 Å². The van der Waals surface area contributed by atoms with Crippen molar-refractivity contribution < 1.29 is 14.6 Å². The minimum absolute atomic E-state index is 0. The molecule has 0 aliphatic carbocycles. The smallest absolute Gasteiger partial charge is 0.200 e. The van der Waals surface area contributed by atoms with Crippen molar-refractivity contribution in [2.24, 2.45) is 10.9 Å². The first-order valence-electron chi connectivity index (χ1n) is 9.87. The largest absolute Gasteiger partial charge is 0.502 e. The van der Waals surface area contributed by atoms with Crippen LogP contribution in [0.25, 0.3) is 0 Å². The fraction of sp³-hybridized carbons (Fsp3) is 0.435. The highest BCUT2D eigenvalue weighted by molar-refractivity contribution is 14.0. The van der Waals surface area contributed by atoms with Crippen molar-refractivity contribution in [3.63, 3.8) is 0 Å². The molecule has 0 fully saturated rings. The molecule has 0 spiro atoms. The molecular formula is C23H34IN3O3. The Kier molecular flexibility index (Phi) is 10.8. The number of aliphatic imine (C=N–C) groups is 1. The van der Waals surface area contributed by atoms with E-state index in [0.717, 1.165) is 12.0 Å². The second-order valence-electron chi connectivity index (χ2n) is 7.48. The van der Waals surface area contributed by atoms with Gasteiger partial charge in [-0.15, -0.1) is 24.0 Å². The number of phenols is 1. The SMILES string of the molecule is CN=C(NCc1cc(OC)c(O)c(OC)c1)NC(C)c1ccc(CC(C)C)cc1.I. The first-order valence-corrected chi connectivity index (χ1v) is 9.87. The second kappa shape index (κ2) is 12.5. The number of ether oxygens (including phenoxy) is 2. The van der Waals surface area contributed by atoms with Gasteiger partial charge in [-0.3, -0.25) is 4.99 Å². The summed E-state index contributed by atoms with van der Waals surface area (Å²) in [5, 5.41) is 16.7. The average molecular weight is 527 g/mol. The summed E-state index contributed by atoms with van der Waals surface area (Å²) >= 11 is 0. The van der Waals surface area contributed by atoms with Crippen molar-refractivity contribution >= 4 is 29.9 Å². The number of phenolic OH excluding ortho intramolecular Hbond substituents is 1. The first kappa shape index (κ1) is 25.9. The number of guanidine groups is 1. The van der Waals surface area contributed by atoms with Gasteiger partial charge < -0.3 is 25.2 Å². The maximum Gasteiger partial charge on any atom is 0.200 e. The summed E-state index contributed by atoms with van der Waals surface area (Å²) in [6, 6.07) is 12.4. The van der Waals surface area contributed by atoms with E-state index in [0.29, 0.717) is 29.9 Å². The molecule has 0 saturated carbocycles. The number of benzene rings is 2. The number of nitrogens with zero attached hydrogens (tertiary/aromatic N) is 1. The van der Waals surface area contributed by atoms with E-state index >= 15 is 0 Å². The lowest BCUT2D eigenvalue weighted by molar-refractivity contribution is 0.339. The van der Waals surface area contributed by atoms with Crippen LogP contribution in [-0.2, 0) is 13.0 Å². The van der Waals surface area contributed by atoms with Crippen molar-refractivity contribution in [1.29, 1.82) is 0 Å². The van der Waals surface area contributed by atoms with Crippen LogP contribution in [0.5, 0.6) is 17.2 Å². The lowest BCUT2D eigenvalue weighted by Crippen LogP contribution is -2.38. The van der Waals surface area contributed by atoms with Gasteiger partial charge in [-0.05, 0) is 48.1 Å². The number of halogens is 1. The molecule has 2 aromatic rings. The molecule has 0 heterocycles. The number of hydrogen-bond acceptors (Lipinski definition) is 4. The number of rotatable bonds is 8. The molecule has 0 amide bonds. The van der Waals surface area contributed by atoms with Crippen molar-refractivity contribution in [1.82, 2.24) is 10.6 Å². The van der Waals surface area contributed by atoms with Gasteiger partial charge in [0, 0.05) is 13.6 Å². The van der Waals surface area contributed by atoms with Gasteiger partial charge in [0.25, 0.3) is 0 Å². The third-order valence-electron chi connectivity index (χ3n) is 4.70. The Morgan fingerprint density at radius 2 is 1.57 bits per heavy atom. The average Bonchev–Trinajstić information content (AvgIpc) is 2.71. The molecule has 0 aromatic heterocycles. The van der Waals surface area contributed by atoms with Crippen molar-refractivity contribution in [2.45, 2.75) is 39.8 Å². The summed E-state index contributed by atoms with van der Waals surface area (Å²) < 4.78 is 10.4. The molecule has 6 nitrogen and oxygen atoms in total. The Hall–Kier alpha value is -2.16. The predicted molar refractivity (Wildman–Crippen MR) is 133 cm³/mol. The van der Waals surface area contributed by atoms with E-state index in [9.17, 15) is 5.11 Å². The highest BCUT2D eigenvalue weighted by Crippen LogP contribution is 2.37. The van der Waals surface area contributed by atoms with Crippen LogP contribution in [0.1, 0.15) is 43.5 Å². The van der Waals surface area contributed by atoms with Crippen LogP contribution in [0.15, 0.2) is 41.4 Å². The Balaban J connectivity index is 0.00000450. The lowest BCUT2D eigenvalue weighted by Gasteiger charge is -2.19. The summed E-state index contributed by atoms with van der Waals surface area (Å²) in [5.74, 6) is 2.08. The summed E-state index contributed by atoms with van der Waals surface area (Å²) in [6.07, 6.45) is 1.09.